The third kappa shape index (κ3) is 2.82. The molecule has 0 spiro atoms. The van der Waals surface area contributed by atoms with Crippen LogP contribution >= 0.6 is 0 Å². The summed E-state index contributed by atoms with van der Waals surface area (Å²) in [5.41, 5.74) is 2.26. The van der Waals surface area contributed by atoms with E-state index in [9.17, 15) is 9.90 Å². The van der Waals surface area contributed by atoms with Gasteiger partial charge in [-0.15, -0.1) is 0 Å². The molecular formula is C14H20N2O2. The fourth-order valence-electron chi connectivity index (χ4n) is 2.49. The van der Waals surface area contributed by atoms with Crippen molar-refractivity contribution in [3.63, 3.8) is 0 Å². The van der Waals surface area contributed by atoms with Crippen molar-refractivity contribution in [3.8, 4) is 0 Å². The van der Waals surface area contributed by atoms with Crippen molar-refractivity contribution in [1.82, 2.24) is 4.90 Å². The van der Waals surface area contributed by atoms with E-state index in [4.69, 9.17) is 0 Å². The van der Waals surface area contributed by atoms with Gasteiger partial charge >= 0.3 is 5.97 Å². The second-order valence-electron chi connectivity index (χ2n) is 5.09. The summed E-state index contributed by atoms with van der Waals surface area (Å²) < 4.78 is 0. The molecule has 0 amide bonds. The van der Waals surface area contributed by atoms with Crippen molar-refractivity contribution in [2.24, 2.45) is 0 Å². The van der Waals surface area contributed by atoms with Gasteiger partial charge in [-0.2, -0.15) is 0 Å². The van der Waals surface area contributed by atoms with Gasteiger partial charge in [0.25, 0.3) is 0 Å². The van der Waals surface area contributed by atoms with Gasteiger partial charge in [-0.1, -0.05) is 12.1 Å². The zero-order chi connectivity index (χ0) is 13.1. The van der Waals surface area contributed by atoms with Crippen LogP contribution in [0.5, 0.6) is 0 Å². The Hall–Kier alpha value is -1.55. The maximum absolute atomic E-state index is 11.1. The molecular weight excluding hydrogens is 228 g/mol. The van der Waals surface area contributed by atoms with E-state index in [1.165, 1.54) is 5.56 Å². The summed E-state index contributed by atoms with van der Waals surface area (Å²) in [6.07, 6.45) is 1.70. The molecule has 0 aromatic heterocycles. The molecule has 0 radical (unpaired) electrons. The van der Waals surface area contributed by atoms with Crippen molar-refractivity contribution < 1.29 is 9.90 Å². The number of hydrogen-bond acceptors (Lipinski definition) is 3. The SMILES string of the molecule is CN(C)Cc1ccc(N2CCCC2C(=O)O)cc1. The maximum Gasteiger partial charge on any atom is 0.326 e. The Kier molecular flexibility index (Phi) is 3.87. The number of aliphatic carboxylic acids is 1. The van der Waals surface area contributed by atoms with Crippen molar-refractivity contribution in [2.75, 3.05) is 25.5 Å². The molecule has 18 heavy (non-hydrogen) atoms. The van der Waals surface area contributed by atoms with Crippen LogP contribution in [-0.4, -0.2) is 42.7 Å². The van der Waals surface area contributed by atoms with Crippen LogP contribution < -0.4 is 4.90 Å². The minimum Gasteiger partial charge on any atom is -0.480 e. The van der Waals surface area contributed by atoms with Crippen LogP contribution in [0.1, 0.15) is 18.4 Å². The first kappa shape index (κ1) is 12.9. The van der Waals surface area contributed by atoms with Gasteiger partial charge in [0.15, 0.2) is 0 Å². The predicted molar refractivity (Wildman–Crippen MR) is 71.8 cm³/mol. The van der Waals surface area contributed by atoms with Crippen LogP contribution in [0.2, 0.25) is 0 Å². The standard InChI is InChI=1S/C14H20N2O2/c1-15(2)10-11-5-7-12(8-6-11)16-9-3-4-13(16)14(17)18/h5-8,13H,3-4,9-10H2,1-2H3,(H,17,18). The minimum absolute atomic E-state index is 0.357. The van der Waals surface area contributed by atoms with Gasteiger partial charge in [0.05, 0.1) is 0 Å². The third-order valence-electron chi connectivity index (χ3n) is 3.30. The Balaban J connectivity index is 2.11. The average molecular weight is 248 g/mol. The molecule has 2 rings (SSSR count). The van der Waals surface area contributed by atoms with Gasteiger partial charge < -0.3 is 14.9 Å². The van der Waals surface area contributed by atoms with Crippen molar-refractivity contribution in [1.29, 1.82) is 0 Å². The second-order valence-corrected chi connectivity index (χ2v) is 5.09. The molecule has 1 fully saturated rings. The molecule has 4 nitrogen and oxygen atoms in total. The van der Waals surface area contributed by atoms with E-state index in [2.05, 4.69) is 17.0 Å². The van der Waals surface area contributed by atoms with Gasteiger partial charge in [-0.3, -0.25) is 0 Å². The van der Waals surface area contributed by atoms with Gasteiger partial charge in [0, 0.05) is 18.8 Å². The van der Waals surface area contributed by atoms with Crippen LogP contribution in [0.3, 0.4) is 0 Å². The summed E-state index contributed by atoms with van der Waals surface area (Å²) in [4.78, 5) is 15.3. The Bertz CT molecular complexity index is 414. The molecule has 1 saturated heterocycles. The monoisotopic (exact) mass is 248 g/mol. The van der Waals surface area contributed by atoms with E-state index in [0.717, 1.165) is 31.6 Å². The number of carboxylic acid groups (broad SMARTS) is 1. The van der Waals surface area contributed by atoms with Crippen LogP contribution in [0.4, 0.5) is 5.69 Å². The lowest BCUT2D eigenvalue weighted by Crippen LogP contribution is -2.35. The molecule has 98 valence electrons. The number of rotatable bonds is 4. The van der Waals surface area contributed by atoms with Gasteiger partial charge in [-0.25, -0.2) is 4.79 Å². The van der Waals surface area contributed by atoms with Gasteiger partial charge in [0.1, 0.15) is 6.04 Å². The van der Waals surface area contributed by atoms with Crippen LogP contribution in [0.25, 0.3) is 0 Å². The fourth-order valence-corrected chi connectivity index (χ4v) is 2.49. The first-order chi connectivity index (χ1) is 8.58. The van der Waals surface area contributed by atoms with Crippen molar-refractivity contribution in [3.05, 3.63) is 29.8 Å². The van der Waals surface area contributed by atoms with Crippen LogP contribution in [-0.2, 0) is 11.3 Å². The number of anilines is 1. The molecule has 1 atom stereocenters. The zero-order valence-corrected chi connectivity index (χ0v) is 11.0. The lowest BCUT2D eigenvalue weighted by Gasteiger charge is -2.24. The third-order valence-corrected chi connectivity index (χ3v) is 3.30. The van der Waals surface area contributed by atoms with Crippen molar-refractivity contribution in [2.45, 2.75) is 25.4 Å². The summed E-state index contributed by atoms with van der Waals surface area (Å²) in [6, 6.07) is 7.85. The van der Waals surface area contributed by atoms with Crippen molar-refractivity contribution >= 4 is 11.7 Å². The molecule has 1 aliphatic heterocycles. The second kappa shape index (κ2) is 5.40. The highest BCUT2D eigenvalue weighted by atomic mass is 16.4. The maximum atomic E-state index is 11.1. The van der Waals surface area contributed by atoms with Gasteiger partial charge in [0.2, 0.25) is 0 Å². The predicted octanol–water partition coefficient (Wildman–Crippen LogP) is 1.80. The Morgan fingerprint density at radius 3 is 2.61 bits per heavy atom. The molecule has 0 aliphatic carbocycles. The molecule has 0 saturated carbocycles. The topological polar surface area (TPSA) is 43.8 Å². The zero-order valence-electron chi connectivity index (χ0n) is 11.0. The summed E-state index contributed by atoms with van der Waals surface area (Å²) in [5.74, 6) is -0.718. The molecule has 0 bridgehead atoms. The van der Waals surface area contributed by atoms with Gasteiger partial charge in [-0.05, 0) is 44.6 Å². The molecule has 1 heterocycles. The molecule has 4 heteroatoms. The molecule has 1 N–H and O–H groups in total. The highest BCUT2D eigenvalue weighted by molar-refractivity contribution is 5.79. The van der Waals surface area contributed by atoms with E-state index in [1.807, 2.05) is 31.1 Å². The lowest BCUT2D eigenvalue weighted by atomic mass is 10.1. The quantitative estimate of drug-likeness (QED) is 0.882. The van der Waals surface area contributed by atoms with E-state index >= 15 is 0 Å². The summed E-state index contributed by atoms with van der Waals surface area (Å²) in [6.45, 7) is 1.74. The fraction of sp³-hybridized carbons (Fsp3) is 0.500. The Morgan fingerprint density at radius 2 is 2.06 bits per heavy atom. The normalized spacial score (nSPS) is 19.5. The number of nitrogens with zero attached hydrogens (tertiary/aromatic N) is 2. The molecule has 1 aromatic rings. The summed E-state index contributed by atoms with van der Waals surface area (Å²) in [7, 11) is 4.07. The van der Waals surface area contributed by atoms with E-state index in [0.29, 0.717) is 0 Å². The lowest BCUT2D eigenvalue weighted by molar-refractivity contribution is -0.138. The molecule has 1 aliphatic rings. The highest BCUT2D eigenvalue weighted by Crippen LogP contribution is 2.26. The van der Waals surface area contributed by atoms with E-state index < -0.39 is 5.97 Å². The molecule has 1 unspecified atom stereocenters. The number of carboxylic acids is 1. The first-order valence-electron chi connectivity index (χ1n) is 6.31. The molecule has 1 aromatic carbocycles. The van der Waals surface area contributed by atoms with Crippen LogP contribution in [0, 0.1) is 0 Å². The summed E-state index contributed by atoms with van der Waals surface area (Å²) >= 11 is 0. The Labute approximate surface area is 108 Å². The average Bonchev–Trinajstić information content (AvgIpc) is 2.78. The Morgan fingerprint density at radius 1 is 1.39 bits per heavy atom. The van der Waals surface area contributed by atoms with E-state index in [1.54, 1.807) is 0 Å². The number of hydrogen-bond donors (Lipinski definition) is 1. The highest BCUT2D eigenvalue weighted by Gasteiger charge is 2.30. The number of benzene rings is 1. The largest absolute Gasteiger partial charge is 0.480 e. The summed E-state index contributed by atoms with van der Waals surface area (Å²) in [5, 5.41) is 9.17. The van der Waals surface area contributed by atoms with Crippen LogP contribution in [0.15, 0.2) is 24.3 Å². The first-order valence-corrected chi connectivity index (χ1v) is 6.31. The smallest absolute Gasteiger partial charge is 0.326 e. The van der Waals surface area contributed by atoms with E-state index in [-0.39, 0.29) is 6.04 Å². The minimum atomic E-state index is -0.718. The number of carbonyl (C=O) groups is 1.